The van der Waals surface area contributed by atoms with E-state index in [1.54, 1.807) is 25.3 Å². The van der Waals surface area contributed by atoms with Gasteiger partial charge in [-0.3, -0.25) is 4.79 Å². The Morgan fingerprint density at radius 2 is 1.92 bits per heavy atom. The lowest BCUT2D eigenvalue weighted by Crippen LogP contribution is -2.09. The Morgan fingerprint density at radius 3 is 2.60 bits per heavy atom. The number of rotatable bonds is 8. The second-order valence-corrected chi connectivity index (χ2v) is 6.43. The number of aryl methyl sites for hydroxylation is 3. The number of nitrogens with one attached hydrogen (secondary N) is 1. The summed E-state index contributed by atoms with van der Waals surface area (Å²) in [4.78, 5) is 14.1. The molecule has 0 spiro atoms. The molecule has 134 valence electrons. The third-order valence-corrected chi connectivity index (χ3v) is 4.25. The summed E-state index contributed by atoms with van der Waals surface area (Å²) in [7, 11) is 0. The van der Waals surface area contributed by atoms with E-state index in [2.05, 4.69) is 9.72 Å². The van der Waals surface area contributed by atoms with Gasteiger partial charge in [0.25, 0.3) is 5.56 Å². The highest BCUT2D eigenvalue weighted by atomic mass is 19.3. The van der Waals surface area contributed by atoms with Crippen molar-refractivity contribution in [1.82, 2.24) is 4.98 Å². The van der Waals surface area contributed by atoms with Crippen LogP contribution in [0.4, 0.5) is 8.78 Å². The predicted octanol–water partition coefficient (Wildman–Crippen LogP) is 3.86. The van der Waals surface area contributed by atoms with E-state index in [0.29, 0.717) is 30.3 Å². The minimum Gasteiger partial charge on any atom is -0.489 e. The van der Waals surface area contributed by atoms with Crippen LogP contribution in [0.1, 0.15) is 29.5 Å². The van der Waals surface area contributed by atoms with Crippen LogP contribution in [0.25, 0.3) is 0 Å². The number of hydrogen-bond donors (Lipinski definition) is 1. The van der Waals surface area contributed by atoms with E-state index >= 15 is 0 Å². The van der Waals surface area contributed by atoms with Crippen LogP contribution in [0.3, 0.4) is 0 Å². The smallest absolute Gasteiger partial charge is 0.387 e. The molecule has 1 saturated carbocycles. The van der Waals surface area contributed by atoms with Crippen molar-refractivity contribution in [3.63, 3.8) is 0 Å². The van der Waals surface area contributed by atoms with Crippen molar-refractivity contribution in [2.75, 3.05) is 6.61 Å². The zero-order chi connectivity index (χ0) is 17.8. The van der Waals surface area contributed by atoms with E-state index in [1.165, 1.54) is 6.07 Å². The van der Waals surface area contributed by atoms with Gasteiger partial charge in [0.2, 0.25) is 0 Å². The summed E-state index contributed by atoms with van der Waals surface area (Å²) in [5, 5.41) is 0. The molecule has 25 heavy (non-hydrogen) atoms. The maximum absolute atomic E-state index is 12.5. The molecule has 1 fully saturated rings. The first-order chi connectivity index (χ1) is 12.0. The van der Waals surface area contributed by atoms with Gasteiger partial charge < -0.3 is 14.5 Å². The van der Waals surface area contributed by atoms with Gasteiger partial charge in [0.1, 0.15) is 0 Å². The molecule has 1 heterocycles. The Morgan fingerprint density at radius 1 is 1.16 bits per heavy atom. The zero-order valence-electron chi connectivity index (χ0n) is 14.1. The molecule has 0 unspecified atom stereocenters. The van der Waals surface area contributed by atoms with Crippen LogP contribution in [0.15, 0.2) is 35.3 Å². The molecule has 1 aliphatic rings. The van der Waals surface area contributed by atoms with Crippen molar-refractivity contribution in [3.8, 4) is 11.5 Å². The topological polar surface area (TPSA) is 51.3 Å². The van der Waals surface area contributed by atoms with Crippen LogP contribution in [0.5, 0.6) is 11.5 Å². The fourth-order valence-electron chi connectivity index (χ4n) is 2.60. The lowest BCUT2D eigenvalue weighted by molar-refractivity contribution is -0.0515. The standard InChI is InChI=1S/C19H21F2NO3/c1-12-8-15(10-22-18(12)23)5-2-13-6-7-16(25-19(20)21)17(9-13)24-11-14-3-4-14/h6-10,14,19H,2-5,11H2,1H3,(H,22,23). The van der Waals surface area contributed by atoms with Gasteiger partial charge in [0, 0.05) is 11.8 Å². The van der Waals surface area contributed by atoms with Crippen LogP contribution in [0.2, 0.25) is 0 Å². The monoisotopic (exact) mass is 349 g/mol. The Labute approximate surface area is 144 Å². The number of halogens is 2. The fraction of sp³-hybridized carbons (Fsp3) is 0.421. The summed E-state index contributed by atoms with van der Waals surface area (Å²) in [5.74, 6) is 0.953. The second kappa shape index (κ2) is 7.68. The molecule has 0 bridgehead atoms. The van der Waals surface area contributed by atoms with Gasteiger partial charge in [0.05, 0.1) is 6.61 Å². The SMILES string of the molecule is Cc1cc(CCc2ccc(OC(F)F)c(OCC3CC3)c2)c[nH]c1=O. The molecule has 4 nitrogen and oxygen atoms in total. The quantitative estimate of drug-likeness (QED) is 0.787. The molecule has 1 N–H and O–H groups in total. The summed E-state index contributed by atoms with van der Waals surface area (Å²) in [6, 6.07) is 6.92. The number of hydrogen-bond acceptors (Lipinski definition) is 3. The zero-order valence-corrected chi connectivity index (χ0v) is 14.1. The molecule has 6 heteroatoms. The van der Waals surface area contributed by atoms with Crippen molar-refractivity contribution in [1.29, 1.82) is 0 Å². The molecule has 0 atom stereocenters. The Bertz CT molecular complexity index is 784. The van der Waals surface area contributed by atoms with Crippen molar-refractivity contribution in [2.24, 2.45) is 5.92 Å². The summed E-state index contributed by atoms with van der Waals surface area (Å²) in [6.07, 6.45) is 5.38. The van der Waals surface area contributed by atoms with Crippen LogP contribution in [-0.2, 0) is 12.8 Å². The van der Waals surface area contributed by atoms with Crippen LogP contribution in [0, 0.1) is 12.8 Å². The first-order valence-electron chi connectivity index (χ1n) is 8.40. The second-order valence-electron chi connectivity index (χ2n) is 6.43. The molecular formula is C19H21F2NO3. The first-order valence-corrected chi connectivity index (χ1v) is 8.40. The molecule has 1 aliphatic carbocycles. The number of pyridine rings is 1. The summed E-state index contributed by atoms with van der Waals surface area (Å²) >= 11 is 0. The van der Waals surface area contributed by atoms with Gasteiger partial charge in [-0.15, -0.1) is 0 Å². The molecule has 1 aromatic heterocycles. The van der Waals surface area contributed by atoms with Gasteiger partial charge >= 0.3 is 6.61 Å². The van der Waals surface area contributed by atoms with Crippen LogP contribution in [-0.4, -0.2) is 18.2 Å². The lowest BCUT2D eigenvalue weighted by atomic mass is 10.0. The van der Waals surface area contributed by atoms with Crippen LogP contribution < -0.4 is 15.0 Å². The van der Waals surface area contributed by atoms with E-state index in [0.717, 1.165) is 30.4 Å². The summed E-state index contributed by atoms with van der Waals surface area (Å²) in [6.45, 7) is -0.580. The van der Waals surface area contributed by atoms with Crippen molar-refractivity contribution in [2.45, 2.75) is 39.2 Å². The number of H-pyrrole nitrogens is 1. The normalized spacial score (nSPS) is 13.9. The fourth-order valence-corrected chi connectivity index (χ4v) is 2.60. The van der Waals surface area contributed by atoms with Gasteiger partial charge in [0.15, 0.2) is 11.5 Å². The Kier molecular flexibility index (Phi) is 5.36. The van der Waals surface area contributed by atoms with Crippen molar-refractivity contribution >= 4 is 0 Å². The molecule has 0 radical (unpaired) electrons. The molecule has 2 aromatic rings. The molecule has 0 saturated heterocycles. The number of aromatic nitrogens is 1. The average molecular weight is 349 g/mol. The number of alkyl halides is 2. The van der Waals surface area contributed by atoms with Crippen LogP contribution >= 0.6 is 0 Å². The van der Waals surface area contributed by atoms with Crippen molar-refractivity contribution in [3.05, 3.63) is 57.5 Å². The van der Waals surface area contributed by atoms with E-state index in [9.17, 15) is 13.6 Å². The van der Waals surface area contributed by atoms with Gasteiger partial charge in [-0.25, -0.2) is 0 Å². The summed E-state index contributed by atoms with van der Waals surface area (Å²) < 4.78 is 35.3. The summed E-state index contributed by atoms with van der Waals surface area (Å²) in [5.41, 5.74) is 2.57. The third-order valence-electron chi connectivity index (χ3n) is 4.25. The first kappa shape index (κ1) is 17.5. The lowest BCUT2D eigenvalue weighted by Gasteiger charge is -2.13. The largest absolute Gasteiger partial charge is 0.489 e. The van der Waals surface area contributed by atoms with E-state index < -0.39 is 6.61 Å². The van der Waals surface area contributed by atoms with E-state index in [1.807, 2.05) is 6.07 Å². The maximum Gasteiger partial charge on any atom is 0.387 e. The minimum atomic E-state index is -2.88. The Balaban J connectivity index is 1.70. The molecule has 3 rings (SSSR count). The molecule has 1 aromatic carbocycles. The number of aromatic amines is 1. The highest BCUT2D eigenvalue weighted by molar-refractivity contribution is 5.43. The van der Waals surface area contributed by atoms with E-state index in [-0.39, 0.29) is 11.3 Å². The third kappa shape index (κ3) is 5.05. The highest BCUT2D eigenvalue weighted by Gasteiger charge is 2.23. The molecular weight excluding hydrogens is 328 g/mol. The highest BCUT2D eigenvalue weighted by Crippen LogP contribution is 2.34. The Hall–Kier alpha value is -2.37. The maximum atomic E-state index is 12.5. The van der Waals surface area contributed by atoms with Gasteiger partial charge in [-0.05, 0) is 67.9 Å². The van der Waals surface area contributed by atoms with E-state index in [4.69, 9.17) is 4.74 Å². The number of benzene rings is 1. The van der Waals surface area contributed by atoms with Gasteiger partial charge in [-0.1, -0.05) is 6.07 Å². The predicted molar refractivity (Wildman–Crippen MR) is 90.5 cm³/mol. The minimum absolute atomic E-state index is 0.0688. The van der Waals surface area contributed by atoms with Gasteiger partial charge in [-0.2, -0.15) is 8.78 Å². The average Bonchev–Trinajstić information content (AvgIpc) is 3.39. The molecule has 0 aliphatic heterocycles. The number of ether oxygens (including phenoxy) is 2. The van der Waals surface area contributed by atoms with Crippen molar-refractivity contribution < 1.29 is 18.3 Å². The molecule has 0 amide bonds.